The molecule has 0 unspecified atom stereocenters. The standard InChI is InChI=1S/C21H8Cl2N2O6S/c22-11-3-10-6-14(21(27)31-18(10)15(23)7-11)19-24-16(8-32-19)13-5-9-4-12(25(28)29)1-2-17(9)30-20(13)26/h1-8H. The van der Waals surface area contributed by atoms with Crippen LogP contribution in [0.5, 0.6) is 0 Å². The van der Waals surface area contributed by atoms with Crippen LogP contribution < -0.4 is 11.3 Å². The zero-order valence-corrected chi connectivity index (χ0v) is 18.0. The second-order valence-corrected chi connectivity index (χ2v) is 8.42. The highest BCUT2D eigenvalue weighted by Gasteiger charge is 2.17. The van der Waals surface area contributed by atoms with Gasteiger partial charge >= 0.3 is 11.3 Å². The predicted octanol–water partition coefficient (Wildman–Crippen LogP) is 5.90. The summed E-state index contributed by atoms with van der Waals surface area (Å²) < 4.78 is 10.6. The summed E-state index contributed by atoms with van der Waals surface area (Å²) in [7, 11) is 0. The summed E-state index contributed by atoms with van der Waals surface area (Å²) >= 11 is 13.3. The van der Waals surface area contributed by atoms with Crippen molar-refractivity contribution in [3.63, 3.8) is 0 Å². The molecule has 0 spiro atoms. The van der Waals surface area contributed by atoms with Gasteiger partial charge in [-0.2, -0.15) is 0 Å². The smallest absolute Gasteiger partial charge is 0.346 e. The van der Waals surface area contributed by atoms with Crippen molar-refractivity contribution in [2.75, 3.05) is 0 Å². The SMILES string of the molecule is O=c1oc2ccc([N+](=O)[O-])cc2cc1-c1csc(-c2cc3cc(Cl)cc(Cl)c3oc2=O)n1. The lowest BCUT2D eigenvalue weighted by molar-refractivity contribution is -0.384. The first kappa shape index (κ1) is 20.4. The van der Waals surface area contributed by atoms with Crippen LogP contribution in [0.4, 0.5) is 5.69 Å². The molecule has 3 aromatic heterocycles. The summed E-state index contributed by atoms with van der Waals surface area (Å²) in [6.07, 6.45) is 0. The van der Waals surface area contributed by atoms with E-state index in [2.05, 4.69) is 4.98 Å². The van der Waals surface area contributed by atoms with Crippen LogP contribution in [0, 0.1) is 10.1 Å². The molecule has 8 nitrogen and oxygen atoms in total. The molecule has 0 fully saturated rings. The van der Waals surface area contributed by atoms with Gasteiger partial charge in [-0.1, -0.05) is 23.2 Å². The highest BCUT2D eigenvalue weighted by molar-refractivity contribution is 7.13. The van der Waals surface area contributed by atoms with Gasteiger partial charge in [0.1, 0.15) is 10.6 Å². The lowest BCUT2D eigenvalue weighted by Crippen LogP contribution is -2.04. The van der Waals surface area contributed by atoms with Crippen LogP contribution in [-0.4, -0.2) is 9.91 Å². The van der Waals surface area contributed by atoms with Gasteiger partial charge in [-0.25, -0.2) is 14.6 Å². The Labute approximate surface area is 191 Å². The fourth-order valence-corrected chi connectivity index (χ4v) is 4.60. The van der Waals surface area contributed by atoms with Crippen molar-refractivity contribution in [1.82, 2.24) is 4.98 Å². The number of rotatable bonds is 3. The average Bonchev–Trinajstić information content (AvgIpc) is 3.22. The molecule has 0 bridgehead atoms. The van der Waals surface area contributed by atoms with E-state index < -0.39 is 16.2 Å². The second kappa shape index (κ2) is 7.56. The van der Waals surface area contributed by atoms with E-state index in [1.807, 2.05) is 0 Å². The largest absolute Gasteiger partial charge is 0.422 e. The third kappa shape index (κ3) is 3.46. The fourth-order valence-electron chi connectivity index (χ4n) is 3.23. The number of nitro groups is 1. The molecule has 0 aliphatic carbocycles. The lowest BCUT2D eigenvalue weighted by atomic mass is 10.1. The molecule has 0 atom stereocenters. The third-order valence-corrected chi connectivity index (χ3v) is 6.06. The van der Waals surface area contributed by atoms with Crippen LogP contribution in [0.15, 0.2) is 66.3 Å². The zero-order chi connectivity index (χ0) is 22.6. The van der Waals surface area contributed by atoms with E-state index in [0.717, 1.165) is 11.3 Å². The Kier molecular flexibility index (Phi) is 4.81. The van der Waals surface area contributed by atoms with Crippen LogP contribution in [0.1, 0.15) is 0 Å². The summed E-state index contributed by atoms with van der Waals surface area (Å²) in [6.45, 7) is 0. The van der Waals surface area contributed by atoms with Crippen molar-refractivity contribution >= 4 is 62.2 Å². The first-order valence-corrected chi connectivity index (χ1v) is 10.6. The lowest BCUT2D eigenvalue weighted by Gasteiger charge is -2.02. The number of nitrogens with zero attached hydrogens (tertiary/aromatic N) is 2. The molecule has 0 aliphatic rings. The Morgan fingerprint density at radius 3 is 2.47 bits per heavy atom. The van der Waals surface area contributed by atoms with Gasteiger partial charge in [0.15, 0.2) is 5.58 Å². The van der Waals surface area contributed by atoms with Crippen LogP contribution in [0.25, 0.3) is 43.8 Å². The van der Waals surface area contributed by atoms with Gasteiger partial charge in [-0.15, -0.1) is 11.3 Å². The van der Waals surface area contributed by atoms with Crippen LogP contribution in [0.2, 0.25) is 10.0 Å². The Bertz CT molecular complexity index is 1690. The number of hydrogen-bond acceptors (Lipinski definition) is 8. The Balaban J connectivity index is 1.64. The maximum absolute atomic E-state index is 12.5. The summed E-state index contributed by atoms with van der Waals surface area (Å²) in [5.41, 5.74) is -0.485. The van der Waals surface area contributed by atoms with Crippen LogP contribution in [0.3, 0.4) is 0 Å². The molecule has 0 saturated carbocycles. The highest BCUT2D eigenvalue weighted by atomic mass is 35.5. The van der Waals surface area contributed by atoms with Gasteiger partial charge in [0.2, 0.25) is 0 Å². The van der Waals surface area contributed by atoms with Gasteiger partial charge in [0, 0.05) is 33.3 Å². The molecule has 2 aromatic carbocycles. The van der Waals surface area contributed by atoms with Crippen molar-refractivity contribution in [3.05, 3.63) is 88.8 Å². The van der Waals surface area contributed by atoms with E-state index in [-0.39, 0.29) is 38.7 Å². The van der Waals surface area contributed by atoms with Gasteiger partial charge in [-0.05, 0) is 30.3 Å². The maximum atomic E-state index is 12.5. The number of benzene rings is 2. The van der Waals surface area contributed by atoms with E-state index in [0.29, 0.717) is 20.8 Å². The Morgan fingerprint density at radius 1 is 0.938 bits per heavy atom. The summed E-state index contributed by atoms with van der Waals surface area (Å²) in [4.78, 5) is 39.9. The Morgan fingerprint density at radius 2 is 1.69 bits per heavy atom. The molecule has 5 aromatic rings. The molecule has 0 amide bonds. The monoisotopic (exact) mass is 486 g/mol. The van der Waals surface area contributed by atoms with Crippen LogP contribution >= 0.6 is 34.5 Å². The second-order valence-electron chi connectivity index (χ2n) is 6.72. The topological polar surface area (TPSA) is 116 Å². The van der Waals surface area contributed by atoms with Gasteiger partial charge in [0.25, 0.3) is 5.69 Å². The number of thiazole rings is 1. The average molecular weight is 487 g/mol. The van der Waals surface area contributed by atoms with E-state index in [1.165, 1.54) is 30.3 Å². The number of halogens is 2. The minimum Gasteiger partial charge on any atom is -0.422 e. The fraction of sp³-hybridized carbons (Fsp3) is 0. The molecule has 0 N–H and O–H groups in total. The van der Waals surface area contributed by atoms with Crippen molar-refractivity contribution in [1.29, 1.82) is 0 Å². The molecular formula is C21H8Cl2N2O6S. The number of non-ortho nitro benzene ring substituents is 1. The number of hydrogen-bond donors (Lipinski definition) is 0. The third-order valence-electron chi connectivity index (χ3n) is 4.69. The summed E-state index contributed by atoms with van der Waals surface area (Å²) in [5, 5.41) is 14.4. The van der Waals surface area contributed by atoms with Crippen molar-refractivity contribution in [3.8, 4) is 21.8 Å². The molecule has 0 radical (unpaired) electrons. The van der Waals surface area contributed by atoms with E-state index >= 15 is 0 Å². The minimum atomic E-state index is -0.660. The van der Waals surface area contributed by atoms with Gasteiger partial charge in [0.05, 0.1) is 26.8 Å². The quantitative estimate of drug-likeness (QED) is 0.177. The highest BCUT2D eigenvalue weighted by Crippen LogP contribution is 2.32. The molecule has 0 aliphatic heterocycles. The summed E-state index contributed by atoms with van der Waals surface area (Å²) in [6, 6.07) is 10.0. The molecule has 0 saturated heterocycles. The van der Waals surface area contributed by atoms with Crippen molar-refractivity contribution < 1.29 is 13.8 Å². The maximum Gasteiger partial charge on any atom is 0.346 e. The molecule has 32 heavy (non-hydrogen) atoms. The molecule has 5 rings (SSSR count). The minimum absolute atomic E-state index is 0.108. The normalized spacial score (nSPS) is 11.3. The van der Waals surface area contributed by atoms with Gasteiger partial charge in [-0.3, -0.25) is 10.1 Å². The molecule has 11 heteroatoms. The van der Waals surface area contributed by atoms with Crippen molar-refractivity contribution in [2.45, 2.75) is 0 Å². The van der Waals surface area contributed by atoms with E-state index in [9.17, 15) is 19.7 Å². The van der Waals surface area contributed by atoms with Crippen molar-refractivity contribution in [2.24, 2.45) is 0 Å². The molecule has 158 valence electrons. The zero-order valence-electron chi connectivity index (χ0n) is 15.6. The summed E-state index contributed by atoms with van der Waals surface area (Å²) in [5.74, 6) is 0. The van der Waals surface area contributed by atoms with E-state index in [4.69, 9.17) is 32.0 Å². The Hall–Kier alpha value is -3.53. The first-order valence-electron chi connectivity index (χ1n) is 8.91. The number of nitro benzene ring substituents is 1. The van der Waals surface area contributed by atoms with E-state index in [1.54, 1.807) is 17.5 Å². The molecule has 3 heterocycles. The van der Waals surface area contributed by atoms with Crippen LogP contribution in [-0.2, 0) is 0 Å². The predicted molar refractivity (Wildman–Crippen MR) is 122 cm³/mol. The van der Waals surface area contributed by atoms with Gasteiger partial charge < -0.3 is 8.83 Å². The number of aromatic nitrogens is 1. The number of fused-ring (bicyclic) bond motifs is 2. The molecular weight excluding hydrogens is 479 g/mol. The first-order chi connectivity index (χ1) is 15.3.